The second kappa shape index (κ2) is 10.5. The van der Waals surface area contributed by atoms with Crippen molar-refractivity contribution in [1.29, 1.82) is 0 Å². The molecule has 0 fully saturated rings. The highest BCUT2D eigenvalue weighted by Gasteiger charge is 2.14. The van der Waals surface area contributed by atoms with Crippen molar-refractivity contribution in [2.45, 2.75) is 39.8 Å². The summed E-state index contributed by atoms with van der Waals surface area (Å²) < 4.78 is 1.94. The van der Waals surface area contributed by atoms with Gasteiger partial charge in [-0.15, -0.1) is 24.0 Å². The van der Waals surface area contributed by atoms with Crippen LogP contribution in [-0.4, -0.2) is 47.9 Å². The van der Waals surface area contributed by atoms with Crippen molar-refractivity contribution in [1.82, 2.24) is 25.4 Å². The zero-order valence-electron chi connectivity index (χ0n) is 17.4. The van der Waals surface area contributed by atoms with Gasteiger partial charge in [0.25, 0.3) is 0 Å². The molecule has 1 unspecified atom stereocenters. The molecule has 150 valence electrons. The Balaban J connectivity index is 0.00000364. The van der Waals surface area contributed by atoms with Crippen molar-refractivity contribution in [3.8, 4) is 0 Å². The Morgan fingerprint density at radius 2 is 2.04 bits per heavy atom. The number of aliphatic imine (C=N–C) groups is 1. The van der Waals surface area contributed by atoms with Gasteiger partial charge in [-0.2, -0.15) is 5.10 Å². The van der Waals surface area contributed by atoms with Crippen molar-refractivity contribution in [2.24, 2.45) is 12.0 Å². The number of rotatable bonds is 6. The number of nitrogens with zero attached hydrogens (tertiary/aromatic N) is 5. The molecule has 0 aliphatic heterocycles. The summed E-state index contributed by atoms with van der Waals surface area (Å²) in [4.78, 5) is 10.7. The monoisotopic (exact) mass is 485 g/mol. The van der Waals surface area contributed by atoms with E-state index in [1.165, 1.54) is 16.8 Å². The molecule has 0 radical (unpaired) electrons. The quantitative estimate of drug-likeness (QED) is 0.374. The molecule has 2 N–H and O–H groups in total. The van der Waals surface area contributed by atoms with E-state index in [1.54, 1.807) is 7.05 Å². The normalized spacial score (nSPS) is 12.3. The summed E-state index contributed by atoms with van der Waals surface area (Å²) in [6.07, 6.45) is 2.74. The Bertz CT molecular complexity index is 767. The topological polar surface area (TPSA) is 70.4 Å². The lowest BCUT2D eigenvalue weighted by Crippen LogP contribution is -2.42. The number of anilines is 1. The number of nitrogens with one attached hydrogen (secondary N) is 2. The molecule has 2 heterocycles. The largest absolute Gasteiger partial charge is 0.363 e. The maximum Gasteiger partial charge on any atom is 0.191 e. The van der Waals surface area contributed by atoms with E-state index in [2.05, 4.69) is 52.5 Å². The summed E-state index contributed by atoms with van der Waals surface area (Å²) in [6, 6.07) is 4.34. The fourth-order valence-electron chi connectivity index (χ4n) is 2.90. The van der Waals surface area contributed by atoms with Crippen LogP contribution in [0.4, 0.5) is 5.82 Å². The lowest BCUT2D eigenvalue weighted by molar-refractivity contribution is 0.635. The molecule has 2 aromatic heterocycles. The van der Waals surface area contributed by atoms with E-state index in [1.807, 2.05) is 43.0 Å². The van der Waals surface area contributed by atoms with Gasteiger partial charge in [-0.05, 0) is 50.5 Å². The van der Waals surface area contributed by atoms with Gasteiger partial charge < -0.3 is 15.5 Å². The van der Waals surface area contributed by atoms with E-state index >= 15 is 0 Å². The number of aryl methyl sites for hydroxylation is 2. The molecule has 0 aliphatic carbocycles. The molecule has 8 heteroatoms. The number of halogens is 1. The van der Waals surface area contributed by atoms with Crippen LogP contribution in [0.25, 0.3) is 0 Å². The van der Waals surface area contributed by atoms with Gasteiger partial charge in [-0.25, -0.2) is 4.98 Å². The minimum Gasteiger partial charge on any atom is -0.363 e. The van der Waals surface area contributed by atoms with Crippen LogP contribution >= 0.6 is 24.0 Å². The Hall–Kier alpha value is -1.84. The summed E-state index contributed by atoms with van der Waals surface area (Å²) in [7, 11) is 7.76. The van der Waals surface area contributed by atoms with Gasteiger partial charge in [0.15, 0.2) is 5.96 Å². The maximum absolute atomic E-state index is 4.49. The lowest BCUT2D eigenvalue weighted by atomic mass is 10.1. The molecule has 0 aliphatic rings. The van der Waals surface area contributed by atoms with Gasteiger partial charge in [0.2, 0.25) is 0 Å². The molecule has 0 amide bonds. The highest BCUT2D eigenvalue weighted by molar-refractivity contribution is 14.0. The summed E-state index contributed by atoms with van der Waals surface area (Å²) in [5, 5.41) is 11.3. The fourth-order valence-corrected chi connectivity index (χ4v) is 2.90. The molecular weight excluding hydrogens is 453 g/mol. The van der Waals surface area contributed by atoms with Crippen LogP contribution in [0.1, 0.15) is 29.4 Å². The van der Waals surface area contributed by atoms with Crippen molar-refractivity contribution in [3.63, 3.8) is 0 Å². The molecule has 0 aromatic carbocycles. The molecule has 27 heavy (non-hydrogen) atoms. The van der Waals surface area contributed by atoms with Crippen LogP contribution < -0.4 is 15.5 Å². The van der Waals surface area contributed by atoms with Crippen LogP contribution in [0.15, 0.2) is 23.3 Å². The minimum atomic E-state index is 0. The maximum atomic E-state index is 4.49. The van der Waals surface area contributed by atoms with Gasteiger partial charge in [-0.3, -0.25) is 9.67 Å². The average molecular weight is 485 g/mol. The molecule has 1 atom stereocenters. The summed E-state index contributed by atoms with van der Waals surface area (Å²) in [5.74, 6) is 1.74. The number of hydrogen-bond donors (Lipinski definition) is 2. The first-order valence-electron chi connectivity index (χ1n) is 8.90. The Labute approximate surface area is 179 Å². The third-order valence-corrected chi connectivity index (χ3v) is 4.50. The van der Waals surface area contributed by atoms with Crippen molar-refractivity contribution >= 4 is 35.8 Å². The molecule has 2 rings (SSSR count). The smallest absolute Gasteiger partial charge is 0.191 e. The Morgan fingerprint density at radius 3 is 2.59 bits per heavy atom. The SMILES string of the molecule is CN=C(NCc1ccnc(N(C)C)c1)NC(C)Cc1c(C)nn(C)c1C.I. The second-order valence-electron chi connectivity index (χ2n) is 6.86. The van der Waals surface area contributed by atoms with E-state index in [-0.39, 0.29) is 30.0 Å². The van der Waals surface area contributed by atoms with Crippen LogP contribution in [-0.2, 0) is 20.0 Å². The molecule has 2 aromatic rings. The second-order valence-corrected chi connectivity index (χ2v) is 6.86. The van der Waals surface area contributed by atoms with Crippen LogP contribution in [0, 0.1) is 13.8 Å². The first-order chi connectivity index (χ1) is 12.3. The third-order valence-electron chi connectivity index (χ3n) is 4.50. The first-order valence-corrected chi connectivity index (χ1v) is 8.90. The molecular formula is C19H32IN7. The van der Waals surface area contributed by atoms with Gasteiger partial charge in [-0.1, -0.05) is 0 Å². The van der Waals surface area contributed by atoms with E-state index < -0.39 is 0 Å². The highest BCUT2D eigenvalue weighted by Crippen LogP contribution is 2.14. The number of guanidine groups is 1. The van der Waals surface area contributed by atoms with Gasteiger partial charge in [0.1, 0.15) is 5.82 Å². The molecule has 0 bridgehead atoms. The first kappa shape index (κ1) is 23.2. The highest BCUT2D eigenvalue weighted by atomic mass is 127. The summed E-state index contributed by atoms with van der Waals surface area (Å²) >= 11 is 0. The van der Waals surface area contributed by atoms with Crippen LogP contribution in [0.3, 0.4) is 0 Å². The summed E-state index contributed by atoms with van der Waals surface area (Å²) in [6.45, 7) is 7.03. The van der Waals surface area contributed by atoms with E-state index in [0.29, 0.717) is 6.54 Å². The van der Waals surface area contributed by atoms with Gasteiger partial charge in [0, 0.05) is 52.7 Å². The molecule has 0 spiro atoms. The predicted molar refractivity (Wildman–Crippen MR) is 123 cm³/mol. The van der Waals surface area contributed by atoms with E-state index in [4.69, 9.17) is 0 Å². The van der Waals surface area contributed by atoms with E-state index in [0.717, 1.165) is 23.9 Å². The Kier molecular flexibility index (Phi) is 9.01. The fraction of sp³-hybridized carbons (Fsp3) is 0.526. The number of pyridine rings is 1. The minimum absolute atomic E-state index is 0. The third kappa shape index (κ3) is 6.37. The summed E-state index contributed by atoms with van der Waals surface area (Å²) in [5.41, 5.74) is 4.77. The number of hydrogen-bond acceptors (Lipinski definition) is 4. The lowest BCUT2D eigenvalue weighted by Gasteiger charge is -2.19. The standard InChI is InChI=1S/C19H31N7.HI/c1-13(10-17-14(2)24-26(7)15(17)3)23-19(20-4)22-12-16-8-9-21-18(11-16)25(5)6;/h8-9,11,13H,10,12H2,1-7H3,(H2,20,22,23);1H. The zero-order chi connectivity index (χ0) is 19.3. The predicted octanol–water partition coefficient (Wildman–Crippen LogP) is 2.41. The molecule has 0 saturated carbocycles. The van der Waals surface area contributed by atoms with Crippen LogP contribution in [0.2, 0.25) is 0 Å². The Morgan fingerprint density at radius 1 is 1.33 bits per heavy atom. The van der Waals surface area contributed by atoms with Crippen LogP contribution in [0.5, 0.6) is 0 Å². The zero-order valence-corrected chi connectivity index (χ0v) is 19.7. The van der Waals surface area contributed by atoms with Crippen molar-refractivity contribution < 1.29 is 0 Å². The number of aromatic nitrogens is 3. The van der Waals surface area contributed by atoms with Gasteiger partial charge in [0.05, 0.1) is 5.69 Å². The molecule has 7 nitrogen and oxygen atoms in total. The van der Waals surface area contributed by atoms with Crippen molar-refractivity contribution in [2.75, 3.05) is 26.0 Å². The van der Waals surface area contributed by atoms with Crippen molar-refractivity contribution in [3.05, 3.63) is 40.8 Å². The average Bonchev–Trinajstić information content (AvgIpc) is 2.85. The molecule has 0 saturated heterocycles. The van der Waals surface area contributed by atoms with Gasteiger partial charge >= 0.3 is 0 Å². The van der Waals surface area contributed by atoms with E-state index in [9.17, 15) is 0 Å².